The van der Waals surface area contributed by atoms with Crippen LogP contribution in [-0.2, 0) is 32.7 Å². The van der Waals surface area contributed by atoms with E-state index in [1.54, 1.807) is 5.92 Å². The first-order valence-corrected chi connectivity index (χ1v) is 3.84. The summed E-state index contributed by atoms with van der Waals surface area (Å²) in [4.78, 5) is 1.29. The van der Waals surface area contributed by atoms with Crippen LogP contribution in [0.3, 0.4) is 0 Å². The summed E-state index contributed by atoms with van der Waals surface area (Å²) in [6, 6.07) is 0. The van der Waals surface area contributed by atoms with Crippen LogP contribution in [0.1, 0.15) is 33.1 Å². The van der Waals surface area contributed by atoms with E-state index in [0.717, 1.165) is 6.42 Å². The minimum absolute atomic E-state index is 0. The van der Waals surface area contributed by atoms with Gasteiger partial charge >= 0.3 is 0 Å². The Morgan fingerprint density at radius 2 is 2.10 bits per heavy atom. The van der Waals surface area contributed by atoms with Crippen LogP contribution in [-0.4, -0.2) is 0 Å². The Hall–Kier alpha value is 1.19. The molecule has 0 unspecified atom stereocenters. The van der Waals surface area contributed by atoms with Crippen molar-refractivity contribution >= 4 is 12.6 Å². The molecule has 1 aliphatic rings. The summed E-state index contributed by atoms with van der Waals surface area (Å²) >= 11 is 4.37. The van der Waals surface area contributed by atoms with Gasteiger partial charge in [-0.05, 0) is 11.8 Å². The van der Waals surface area contributed by atoms with E-state index in [2.05, 4.69) is 26.5 Å². The predicted molar refractivity (Wildman–Crippen MR) is 44.5 cm³/mol. The van der Waals surface area contributed by atoms with Gasteiger partial charge in [-0.25, -0.2) is 0 Å². The van der Waals surface area contributed by atoms with Gasteiger partial charge in [0, 0.05) is 32.7 Å². The average molecular weight is 230 g/mol. The molecule has 0 aromatic heterocycles. The van der Waals surface area contributed by atoms with E-state index in [9.17, 15) is 0 Å². The third kappa shape index (κ3) is 3.06. The monoisotopic (exact) mass is 230 g/mol. The van der Waals surface area contributed by atoms with Crippen LogP contribution in [0.4, 0.5) is 0 Å². The largest absolute Gasteiger partial charge is 0.312 e. The van der Waals surface area contributed by atoms with Gasteiger partial charge in [0.2, 0.25) is 0 Å². The van der Waals surface area contributed by atoms with Crippen molar-refractivity contribution in [3.63, 3.8) is 0 Å². The molecule has 0 heterocycles. The number of rotatable bonds is 0. The van der Waals surface area contributed by atoms with Crippen molar-refractivity contribution in [2.45, 2.75) is 33.1 Å². The molecule has 0 bridgehead atoms. The van der Waals surface area contributed by atoms with Crippen molar-refractivity contribution in [1.29, 1.82) is 0 Å². The van der Waals surface area contributed by atoms with E-state index in [4.69, 9.17) is 0 Å². The second-order valence-electron chi connectivity index (χ2n) is 2.86. The second kappa shape index (κ2) is 4.95. The van der Waals surface area contributed by atoms with Gasteiger partial charge in [0.05, 0.1) is 0 Å². The smallest absolute Gasteiger partial charge is 0 e. The Balaban J connectivity index is 0.000000810. The van der Waals surface area contributed by atoms with Crippen LogP contribution in [0.15, 0.2) is 10.5 Å². The Morgan fingerprint density at radius 1 is 1.50 bits per heavy atom. The van der Waals surface area contributed by atoms with Crippen molar-refractivity contribution in [2.75, 3.05) is 0 Å². The maximum atomic E-state index is 4.37. The molecule has 0 saturated heterocycles. The fourth-order valence-electron chi connectivity index (χ4n) is 1.07. The fourth-order valence-corrected chi connectivity index (χ4v) is 1.45. The molecule has 1 rings (SSSR count). The molecule has 0 N–H and O–H groups in total. The van der Waals surface area contributed by atoms with E-state index >= 15 is 0 Å². The third-order valence-electron chi connectivity index (χ3n) is 1.89. The SMILES string of the molecule is CC1=C(S)C[C-](C)CC1.[Y]. The van der Waals surface area contributed by atoms with Gasteiger partial charge < -0.3 is 5.92 Å². The first kappa shape index (κ1) is 11.2. The number of hydrogen-bond donors (Lipinski definition) is 1. The van der Waals surface area contributed by atoms with Gasteiger partial charge in [-0.1, -0.05) is 12.0 Å². The van der Waals surface area contributed by atoms with Gasteiger partial charge in [-0.15, -0.1) is 6.42 Å². The molecule has 1 radical (unpaired) electrons. The fraction of sp³-hybridized carbons (Fsp3) is 0.625. The molecule has 0 nitrogen and oxygen atoms in total. The van der Waals surface area contributed by atoms with Crippen LogP contribution in [0.25, 0.3) is 0 Å². The molecule has 0 fully saturated rings. The first-order valence-electron chi connectivity index (χ1n) is 3.39. The van der Waals surface area contributed by atoms with Crippen molar-refractivity contribution < 1.29 is 32.7 Å². The van der Waals surface area contributed by atoms with Crippen molar-refractivity contribution in [3.05, 3.63) is 16.4 Å². The van der Waals surface area contributed by atoms with Crippen LogP contribution in [0, 0.1) is 5.92 Å². The van der Waals surface area contributed by atoms with E-state index in [1.165, 1.54) is 23.3 Å². The Bertz CT molecular complexity index is 140. The molecule has 0 aliphatic heterocycles. The molecule has 0 aromatic carbocycles. The Labute approximate surface area is 94.1 Å². The molecule has 0 atom stereocenters. The van der Waals surface area contributed by atoms with Crippen LogP contribution < -0.4 is 0 Å². The molecule has 2 heteroatoms. The van der Waals surface area contributed by atoms with E-state index in [0.29, 0.717) is 0 Å². The summed E-state index contributed by atoms with van der Waals surface area (Å²) in [5.74, 6) is 1.57. The summed E-state index contributed by atoms with van der Waals surface area (Å²) in [5, 5.41) is 0. The van der Waals surface area contributed by atoms with Crippen molar-refractivity contribution in [3.8, 4) is 0 Å². The molecule has 55 valence electrons. The Morgan fingerprint density at radius 3 is 2.50 bits per heavy atom. The molecular weight excluding hydrogens is 217 g/mol. The van der Waals surface area contributed by atoms with Crippen LogP contribution in [0.5, 0.6) is 0 Å². The minimum Gasteiger partial charge on any atom is -0.312 e. The quantitative estimate of drug-likeness (QED) is 0.480. The van der Waals surface area contributed by atoms with Crippen molar-refractivity contribution in [1.82, 2.24) is 0 Å². The summed E-state index contributed by atoms with van der Waals surface area (Å²) in [5.41, 5.74) is 1.48. The second-order valence-corrected chi connectivity index (χ2v) is 3.40. The van der Waals surface area contributed by atoms with Gasteiger partial charge in [0.1, 0.15) is 0 Å². The van der Waals surface area contributed by atoms with Gasteiger partial charge in [-0.2, -0.15) is 26.0 Å². The maximum absolute atomic E-state index is 4.37. The third-order valence-corrected chi connectivity index (χ3v) is 2.43. The summed E-state index contributed by atoms with van der Waals surface area (Å²) in [7, 11) is 0. The number of allylic oxidation sites excluding steroid dienone is 2. The molecule has 0 amide bonds. The average Bonchev–Trinajstić information content (AvgIpc) is 1.80. The zero-order chi connectivity index (χ0) is 6.85. The van der Waals surface area contributed by atoms with Crippen molar-refractivity contribution in [2.24, 2.45) is 0 Å². The zero-order valence-electron chi connectivity index (χ0n) is 6.65. The standard InChI is InChI=1S/C8H13S.Y/c1-6-3-4-7(2)8(9)5-6;/h9H,3-5H2,1-2H3;/q-1;. The van der Waals surface area contributed by atoms with E-state index < -0.39 is 0 Å². The summed E-state index contributed by atoms with van der Waals surface area (Å²) < 4.78 is 0. The molecule has 0 saturated carbocycles. The van der Waals surface area contributed by atoms with Crippen LogP contribution in [0.2, 0.25) is 0 Å². The van der Waals surface area contributed by atoms with Crippen LogP contribution >= 0.6 is 12.6 Å². The van der Waals surface area contributed by atoms with Gasteiger partial charge in [-0.3, -0.25) is 0 Å². The molecule has 0 aromatic rings. The molecule has 10 heavy (non-hydrogen) atoms. The van der Waals surface area contributed by atoms with Gasteiger partial charge in [0.25, 0.3) is 0 Å². The number of thiol groups is 1. The maximum Gasteiger partial charge on any atom is 0 e. The minimum atomic E-state index is 0. The predicted octanol–water partition coefficient (Wildman–Crippen LogP) is 2.97. The molecule has 1 aliphatic carbocycles. The van der Waals surface area contributed by atoms with E-state index in [1.807, 2.05) is 0 Å². The Kier molecular flexibility index (Phi) is 5.54. The normalized spacial score (nSPS) is 20.7. The molecule has 0 spiro atoms. The summed E-state index contributed by atoms with van der Waals surface area (Å²) in [6.07, 6.45) is 3.62. The molecular formula is C8H13SY-. The zero-order valence-corrected chi connectivity index (χ0v) is 10.4. The topological polar surface area (TPSA) is 0 Å². The first-order chi connectivity index (χ1) is 4.20. The number of hydrogen-bond acceptors (Lipinski definition) is 1. The van der Waals surface area contributed by atoms with Gasteiger partial charge in [0.15, 0.2) is 0 Å². The van der Waals surface area contributed by atoms with E-state index in [-0.39, 0.29) is 32.7 Å². The summed E-state index contributed by atoms with van der Waals surface area (Å²) in [6.45, 7) is 4.39.